The summed E-state index contributed by atoms with van der Waals surface area (Å²) in [4.78, 5) is 24.7. The van der Waals surface area contributed by atoms with E-state index in [1.54, 1.807) is 43.3 Å². The summed E-state index contributed by atoms with van der Waals surface area (Å²) in [7, 11) is -6.23. The molecule has 9 nitrogen and oxygen atoms in total. The minimum Gasteiger partial charge on any atom is -0.484 e. The molecule has 15 heteroatoms. The third-order valence-electron chi connectivity index (χ3n) is 5.16. The van der Waals surface area contributed by atoms with Gasteiger partial charge in [-0.05, 0) is 30.0 Å². The zero-order valence-electron chi connectivity index (χ0n) is 20.9. The summed E-state index contributed by atoms with van der Waals surface area (Å²) in [5, 5.41) is -0.225. The number of para-hydroxylation sites is 2. The van der Waals surface area contributed by atoms with Gasteiger partial charge in [-0.1, -0.05) is 19.1 Å². The van der Waals surface area contributed by atoms with Gasteiger partial charge >= 0.3 is 41.9 Å². The fourth-order valence-corrected chi connectivity index (χ4v) is 6.68. The van der Waals surface area contributed by atoms with E-state index in [0.717, 1.165) is 3.97 Å². The second-order valence-electron chi connectivity index (χ2n) is 7.70. The van der Waals surface area contributed by atoms with Crippen LogP contribution in [0.1, 0.15) is 16.8 Å². The molecule has 2 heterocycles. The Kier molecular flexibility index (Phi) is 11.2. The van der Waals surface area contributed by atoms with Crippen LogP contribution in [0.15, 0.2) is 64.8 Å². The van der Waals surface area contributed by atoms with Crippen LogP contribution in [0, 0.1) is 19.9 Å². The molecule has 200 valence electrons. The molecule has 0 bridgehead atoms. The molecule has 2 aromatic carbocycles. The van der Waals surface area contributed by atoms with Crippen molar-refractivity contribution in [2.75, 3.05) is 6.61 Å². The fraction of sp³-hybridized carbons (Fsp3) is 0.208. The number of carbonyl (C=O) groups excluding carboxylic acids is 2. The number of ether oxygens (including phenoxy) is 1. The van der Waals surface area contributed by atoms with Crippen molar-refractivity contribution in [3.05, 3.63) is 77.6 Å². The quantitative estimate of drug-likeness (QED) is 0.229. The fourth-order valence-electron chi connectivity index (χ4n) is 3.44. The van der Waals surface area contributed by atoms with Gasteiger partial charge in [0, 0.05) is 11.8 Å². The second kappa shape index (κ2) is 13.5. The minimum absolute atomic E-state index is 0. The van der Waals surface area contributed by atoms with Gasteiger partial charge in [0.25, 0.3) is 0 Å². The number of pyridine rings is 1. The number of aromatic nitrogens is 3. The number of fused-ring (bicyclic) bond motifs is 1. The van der Waals surface area contributed by atoms with Gasteiger partial charge in [-0.3, -0.25) is 9.19 Å². The molecule has 39 heavy (non-hydrogen) atoms. The molecule has 0 aliphatic rings. The van der Waals surface area contributed by atoms with Crippen molar-refractivity contribution < 1.29 is 69.7 Å². The zero-order valence-corrected chi connectivity index (χ0v) is 24.5. The van der Waals surface area contributed by atoms with E-state index < -0.39 is 33.6 Å². The minimum atomic E-state index is -4.52. The van der Waals surface area contributed by atoms with Crippen molar-refractivity contribution in [2.45, 2.75) is 35.8 Å². The van der Waals surface area contributed by atoms with Gasteiger partial charge < -0.3 is 4.74 Å². The smallest absolute Gasteiger partial charge is 0.484 e. The number of nitrogens with zero attached hydrogens (tertiary/aromatic N) is 3. The average molecular weight is 590 g/mol. The second-order valence-corrected chi connectivity index (χ2v) is 10.8. The molecule has 0 N–H and O–H groups in total. The summed E-state index contributed by atoms with van der Waals surface area (Å²) in [5.74, 6) is -0.339. The molecule has 0 radical (unpaired) electrons. The zero-order chi connectivity index (χ0) is 28.1. The summed E-state index contributed by atoms with van der Waals surface area (Å²) in [6.45, 7) is 1.65. The number of aryl methyl sites for hydroxylation is 1. The van der Waals surface area contributed by atoms with Crippen LogP contribution in [-0.2, 0) is 36.2 Å². The first-order chi connectivity index (χ1) is 17.9. The SMILES string of the molecule is Cc1cc[c-]cc1S(=O)(=O)n1c(S(=O)Cc2nccc(OCC(F)(F)F)c2C)nc2ccccc21.O=C=O.[Na+]. The summed E-state index contributed by atoms with van der Waals surface area (Å²) < 4.78 is 84.2. The molecule has 4 rings (SSSR count). The maximum absolute atomic E-state index is 13.6. The predicted octanol–water partition coefficient (Wildman–Crippen LogP) is 0.755. The molecule has 0 saturated heterocycles. The largest absolute Gasteiger partial charge is 1.00 e. The van der Waals surface area contributed by atoms with E-state index in [1.807, 2.05) is 0 Å². The molecule has 0 spiro atoms. The first-order valence-corrected chi connectivity index (χ1v) is 13.4. The van der Waals surface area contributed by atoms with Gasteiger partial charge in [-0.25, -0.2) is 17.4 Å². The van der Waals surface area contributed by atoms with E-state index in [2.05, 4.69) is 16.0 Å². The van der Waals surface area contributed by atoms with Crippen LogP contribution < -0.4 is 34.3 Å². The number of hydrogen-bond donors (Lipinski definition) is 0. The van der Waals surface area contributed by atoms with Gasteiger partial charge in [0.15, 0.2) is 6.61 Å². The van der Waals surface area contributed by atoms with Crippen molar-refractivity contribution in [1.82, 2.24) is 13.9 Å². The maximum Gasteiger partial charge on any atom is 1.00 e. The third kappa shape index (κ3) is 7.62. The molecular weight excluding hydrogens is 570 g/mol. The van der Waals surface area contributed by atoms with E-state index in [4.69, 9.17) is 14.3 Å². The van der Waals surface area contributed by atoms with Crippen molar-refractivity contribution in [1.29, 1.82) is 0 Å². The Bertz CT molecular complexity index is 1640. The van der Waals surface area contributed by atoms with Crippen molar-refractivity contribution >= 4 is 38.0 Å². The Hall–Kier alpha value is -2.87. The first kappa shape index (κ1) is 32.3. The third-order valence-corrected chi connectivity index (χ3v) is 8.34. The number of halogens is 3. The van der Waals surface area contributed by atoms with Gasteiger partial charge in [-0.15, -0.1) is 5.56 Å². The molecule has 0 aliphatic carbocycles. The van der Waals surface area contributed by atoms with Crippen LogP contribution in [-0.4, -0.2) is 45.5 Å². The van der Waals surface area contributed by atoms with Crippen LogP contribution in [0.25, 0.3) is 11.0 Å². The summed E-state index contributed by atoms with van der Waals surface area (Å²) in [6, 6.07) is 15.0. The monoisotopic (exact) mass is 589 g/mol. The van der Waals surface area contributed by atoms with Crippen molar-refractivity contribution in [2.24, 2.45) is 0 Å². The van der Waals surface area contributed by atoms with Crippen LogP contribution in [0.2, 0.25) is 0 Å². The average Bonchev–Trinajstić information content (AvgIpc) is 3.25. The molecule has 1 unspecified atom stereocenters. The van der Waals surface area contributed by atoms with Gasteiger partial charge in [-0.2, -0.15) is 47.0 Å². The molecule has 2 aromatic heterocycles. The Morgan fingerprint density at radius 1 is 1.13 bits per heavy atom. The number of alkyl halides is 3. The maximum atomic E-state index is 13.6. The van der Waals surface area contributed by atoms with Crippen LogP contribution in [0.5, 0.6) is 5.75 Å². The summed E-state index contributed by atoms with van der Waals surface area (Å²) in [6.07, 6.45) is -3.03. The van der Waals surface area contributed by atoms with E-state index in [9.17, 15) is 25.8 Å². The Morgan fingerprint density at radius 3 is 2.44 bits per heavy atom. The number of benzene rings is 2. The van der Waals surface area contributed by atoms with Gasteiger partial charge in [0.1, 0.15) is 5.75 Å². The number of imidazole rings is 1. The topological polar surface area (TPSA) is 125 Å². The van der Waals surface area contributed by atoms with Gasteiger partial charge in [0.05, 0.1) is 33.3 Å². The molecular formula is C24H19F3N3NaO6S2. The van der Waals surface area contributed by atoms with E-state index in [-0.39, 0.29) is 74.0 Å². The first-order valence-electron chi connectivity index (χ1n) is 10.6. The molecule has 4 aromatic rings. The van der Waals surface area contributed by atoms with Crippen LogP contribution >= 0.6 is 0 Å². The van der Waals surface area contributed by atoms with E-state index >= 15 is 0 Å². The Labute approximate surface area is 246 Å². The summed E-state index contributed by atoms with van der Waals surface area (Å²) in [5.41, 5.74) is 1.51. The number of rotatable bonds is 7. The number of hydrogen-bond acceptors (Lipinski definition) is 8. The predicted molar refractivity (Wildman–Crippen MR) is 128 cm³/mol. The molecule has 0 aliphatic heterocycles. The van der Waals surface area contributed by atoms with E-state index in [0.29, 0.717) is 11.1 Å². The normalized spacial score (nSPS) is 12.0. The Balaban J connectivity index is 0.00000127. The molecule has 0 saturated carbocycles. The van der Waals surface area contributed by atoms with Crippen molar-refractivity contribution in [3.63, 3.8) is 0 Å². The van der Waals surface area contributed by atoms with E-state index in [1.165, 1.54) is 25.3 Å². The Morgan fingerprint density at radius 2 is 1.79 bits per heavy atom. The molecule has 0 fully saturated rings. The van der Waals surface area contributed by atoms with Gasteiger partial charge in [0.2, 0.25) is 15.2 Å². The van der Waals surface area contributed by atoms with Crippen molar-refractivity contribution in [3.8, 4) is 5.75 Å². The molecule has 0 amide bonds. The van der Waals surface area contributed by atoms with Crippen LogP contribution in [0.3, 0.4) is 0 Å². The summed E-state index contributed by atoms with van der Waals surface area (Å²) >= 11 is 0. The van der Waals surface area contributed by atoms with Crippen LogP contribution in [0.4, 0.5) is 13.2 Å². The standard InChI is InChI=1S/C23H19F3N3O4S2.CO2.Na/c1-15-7-3-6-10-21(15)35(31,32)29-19-9-5-4-8-17(19)28-22(29)34(30)13-18-16(2)20(11-12-27-18)33-14-23(24,25)26;2-1-3;/h3-5,7-12H,13-14H2,1-2H3;;/q-1;;+1. The molecule has 1 atom stereocenters.